The third kappa shape index (κ3) is 6.12. The molecule has 0 saturated carbocycles. The van der Waals surface area contributed by atoms with Crippen LogP contribution in [0.15, 0.2) is 66.8 Å². The van der Waals surface area contributed by atoms with Crippen LogP contribution in [0, 0.1) is 0 Å². The van der Waals surface area contributed by atoms with Crippen LogP contribution < -0.4 is 16.0 Å². The number of pyridine rings is 2. The zero-order chi connectivity index (χ0) is 17.2. The number of hydrogen-bond donors (Lipinski definition) is 3. The number of rotatable bonds is 9. The van der Waals surface area contributed by atoms with Gasteiger partial charge < -0.3 is 16.0 Å². The smallest absolute Gasteiger partial charge is 0.132 e. The molecule has 0 saturated heterocycles. The molecule has 2 heterocycles. The van der Waals surface area contributed by atoms with Crippen molar-refractivity contribution in [1.29, 1.82) is 0 Å². The molecule has 24 heavy (non-hydrogen) atoms. The fraction of sp³-hybridized carbons (Fsp3) is 0.263. The maximum absolute atomic E-state index is 4.54. The summed E-state index contributed by atoms with van der Waals surface area (Å²) in [6.07, 6.45) is 6.68. The first-order valence-electron chi connectivity index (χ1n) is 8.15. The van der Waals surface area contributed by atoms with Crippen LogP contribution in [0.5, 0.6) is 0 Å². The van der Waals surface area contributed by atoms with Crippen molar-refractivity contribution < 1.29 is 0 Å². The van der Waals surface area contributed by atoms with E-state index >= 15 is 0 Å². The molecule has 0 aliphatic carbocycles. The van der Waals surface area contributed by atoms with Crippen LogP contribution in [-0.2, 0) is 6.54 Å². The third-order valence-corrected chi connectivity index (χ3v) is 3.28. The number of nitrogens with zero attached hydrogens (tertiary/aromatic N) is 2. The van der Waals surface area contributed by atoms with Gasteiger partial charge in [-0.1, -0.05) is 25.6 Å². The molecule has 0 aromatic carbocycles. The van der Waals surface area contributed by atoms with E-state index in [1.54, 1.807) is 6.20 Å². The SMILES string of the molecule is C=C(/C=C(/C)NCCC)Nc1cccc(NCc2cccnc2)n1. The number of allylic oxidation sites excluding steroid dienone is 2. The minimum atomic E-state index is 0.686. The maximum Gasteiger partial charge on any atom is 0.132 e. The van der Waals surface area contributed by atoms with E-state index in [1.165, 1.54) is 0 Å². The van der Waals surface area contributed by atoms with E-state index in [9.17, 15) is 0 Å². The number of nitrogens with one attached hydrogen (secondary N) is 3. The Balaban J connectivity index is 1.91. The van der Waals surface area contributed by atoms with Crippen molar-refractivity contribution in [3.63, 3.8) is 0 Å². The molecular formula is C19H25N5. The molecule has 5 heteroatoms. The first kappa shape index (κ1) is 17.5. The van der Waals surface area contributed by atoms with Crippen LogP contribution in [0.4, 0.5) is 11.6 Å². The highest BCUT2D eigenvalue weighted by Gasteiger charge is 1.99. The van der Waals surface area contributed by atoms with Gasteiger partial charge in [0.2, 0.25) is 0 Å². The first-order valence-corrected chi connectivity index (χ1v) is 8.15. The Morgan fingerprint density at radius 1 is 1.21 bits per heavy atom. The molecule has 0 fully saturated rings. The van der Waals surface area contributed by atoms with E-state index in [-0.39, 0.29) is 0 Å². The van der Waals surface area contributed by atoms with Gasteiger partial charge in [0.15, 0.2) is 0 Å². The van der Waals surface area contributed by atoms with Crippen LogP contribution in [0.25, 0.3) is 0 Å². The van der Waals surface area contributed by atoms with Gasteiger partial charge in [-0.25, -0.2) is 4.98 Å². The first-order chi connectivity index (χ1) is 11.7. The lowest BCUT2D eigenvalue weighted by Gasteiger charge is -2.10. The molecule has 0 aliphatic rings. The number of hydrogen-bond acceptors (Lipinski definition) is 5. The van der Waals surface area contributed by atoms with E-state index in [1.807, 2.05) is 49.5 Å². The van der Waals surface area contributed by atoms with Crippen LogP contribution in [0.2, 0.25) is 0 Å². The predicted octanol–water partition coefficient (Wildman–Crippen LogP) is 3.92. The Labute approximate surface area is 143 Å². The summed E-state index contributed by atoms with van der Waals surface area (Å²) in [6.45, 7) is 9.84. The molecule has 0 aliphatic heterocycles. The van der Waals surface area contributed by atoms with Gasteiger partial charge in [-0.2, -0.15) is 0 Å². The van der Waals surface area contributed by atoms with Crippen molar-refractivity contribution in [1.82, 2.24) is 15.3 Å². The Bertz CT molecular complexity index is 679. The van der Waals surface area contributed by atoms with Crippen LogP contribution in [0.1, 0.15) is 25.8 Å². The highest BCUT2D eigenvalue weighted by molar-refractivity contribution is 5.50. The summed E-state index contributed by atoms with van der Waals surface area (Å²) in [5, 5.41) is 9.83. The molecule has 0 spiro atoms. The minimum Gasteiger partial charge on any atom is -0.389 e. The monoisotopic (exact) mass is 323 g/mol. The largest absolute Gasteiger partial charge is 0.389 e. The molecule has 2 aromatic heterocycles. The molecule has 0 radical (unpaired) electrons. The summed E-state index contributed by atoms with van der Waals surface area (Å²) in [5.74, 6) is 1.57. The van der Waals surface area contributed by atoms with E-state index in [0.29, 0.717) is 6.54 Å². The number of aromatic nitrogens is 2. The van der Waals surface area contributed by atoms with Crippen molar-refractivity contribution in [2.75, 3.05) is 17.2 Å². The Morgan fingerprint density at radius 2 is 2.04 bits per heavy atom. The van der Waals surface area contributed by atoms with Gasteiger partial charge in [-0.05, 0) is 43.2 Å². The van der Waals surface area contributed by atoms with E-state index in [2.05, 4.69) is 39.4 Å². The van der Waals surface area contributed by atoms with Gasteiger partial charge in [-0.3, -0.25) is 4.98 Å². The molecular weight excluding hydrogens is 298 g/mol. The summed E-state index contributed by atoms with van der Waals surface area (Å²) >= 11 is 0. The second kappa shape index (κ2) is 9.35. The summed E-state index contributed by atoms with van der Waals surface area (Å²) in [4.78, 5) is 8.65. The van der Waals surface area contributed by atoms with Crippen LogP contribution >= 0.6 is 0 Å². The lowest BCUT2D eigenvalue weighted by atomic mass is 10.3. The fourth-order valence-electron chi connectivity index (χ4n) is 2.13. The van der Waals surface area contributed by atoms with Crippen molar-refractivity contribution in [2.45, 2.75) is 26.8 Å². The second-order valence-corrected chi connectivity index (χ2v) is 5.53. The Morgan fingerprint density at radius 3 is 2.79 bits per heavy atom. The summed E-state index contributed by atoms with van der Waals surface area (Å²) in [5.41, 5.74) is 3.00. The topological polar surface area (TPSA) is 61.9 Å². The maximum atomic E-state index is 4.54. The molecule has 0 amide bonds. The highest BCUT2D eigenvalue weighted by Crippen LogP contribution is 2.12. The van der Waals surface area contributed by atoms with Gasteiger partial charge in [0.05, 0.1) is 0 Å². The second-order valence-electron chi connectivity index (χ2n) is 5.53. The van der Waals surface area contributed by atoms with Gasteiger partial charge in [0.25, 0.3) is 0 Å². The van der Waals surface area contributed by atoms with E-state index in [4.69, 9.17) is 0 Å². The lowest BCUT2D eigenvalue weighted by molar-refractivity contribution is 0.769. The summed E-state index contributed by atoms with van der Waals surface area (Å²) in [7, 11) is 0. The molecule has 2 rings (SSSR count). The zero-order valence-electron chi connectivity index (χ0n) is 14.3. The van der Waals surface area contributed by atoms with E-state index < -0.39 is 0 Å². The average molecular weight is 323 g/mol. The van der Waals surface area contributed by atoms with Crippen LogP contribution in [0.3, 0.4) is 0 Å². The summed E-state index contributed by atoms with van der Waals surface area (Å²) in [6, 6.07) is 9.77. The molecule has 0 unspecified atom stereocenters. The van der Waals surface area contributed by atoms with Crippen LogP contribution in [-0.4, -0.2) is 16.5 Å². The van der Waals surface area contributed by atoms with Crippen molar-refractivity contribution in [3.8, 4) is 0 Å². The van der Waals surface area contributed by atoms with E-state index in [0.717, 1.165) is 41.6 Å². The Kier molecular flexibility index (Phi) is 6.83. The zero-order valence-corrected chi connectivity index (χ0v) is 14.3. The summed E-state index contributed by atoms with van der Waals surface area (Å²) < 4.78 is 0. The van der Waals surface area contributed by atoms with Gasteiger partial charge in [0.1, 0.15) is 11.6 Å². The quantitative estimate of drug-likeness (QED) is 0.611. The molecule has 0 bridgehead atoms. The van der Waals surface area contributed by atoms with Crippen molar-refractivity contribution >= 4 is 11.6 Å². The highest BCUT2D eigenvalue weighted by atomic mass is 15.1. The lowest BCUT2D eigenvalue weighted by Crippen LogP contribution is -2.12. The predicted molar refractivity (Wildman–Crippen MR) is 101 cm³/mol. The third-order valence-electron chi connectivity index (χ3n) is 3.28. The minimum absolute atomic E-state index is 0.686. The Hall–Kier alpha value is -2.82. The average Bonchev–Trinajstić information content (AvgIpc) is 2.59. The molecule has 126 valence electrons. The normalized spacial score (nSPS) is 11.0. The number of anilines is 2. The molecule has 0 atom stereocenters. The standard InChI is InChI=1S/C19H25N5/c1-4-10-21-15(2)12-16(3)23-19-9-5-8-18(24-19)22-14-17-7-6-11-20-13-17/h5-9,11-13,21H,3-4,10,14H2,1-2H3,(H2,22,23,24)/b15-12-. The molecule has 5 nitrogen and oxygen atoms in total. The van der Waals surface area contributed by atoms with Gasteiger partial charge in [-0.15, -0.1) is 0 Å². The van der Waals surface area contributed by atoms with Crippen molar-refractivity contribution in [3.05, 3.63) is 72.3 Å². The van der Waals surface area contributed by atoms with Crippen molar-refractivity contribution in [2.24, 2.45) is 0 Å². The molecule has 3 N–H and O–H groups in total. The van der Waals surface area contributed by atoms with Gasteiger partial charge >= 0.3 is 0 Å². The fourth-order valence-corrected chi connectivity index (χ4v) is 2.13. The molecule has 2 aromatic rings. The van der Waals surface area contributed by atoms with Gasteiger partial charge in [0, 0.05) is 36.9 Å².